The van der Waals surface area contributed by atoms with Gasteiger partial charge in [-0.05, 0) is 37.7 Å². The van der Waals surface area contributed by atoms with Crippen LogP contribution in [0, 0.1) is 0 Å². The van der Waals surface area contributed by atoms with Gasteiger partial charge in [-0.25, -0.2) is 0 Å². The molecular formula is C19H28N2O2. The van der Waals surface area contributed by atoms with Crippen LogP contribution in [-0.4, -0.2) is 59.1 Å². The predicted molar refractivity (Wildman–Crippen MR) is 91.2 cm³/mol. The second-order valence-corrected chi connectivity index (χ2v) is 6.82. The zero-order chi connectivity index (χ0) is 16.1. The van der Waals surface area contributed by atoms with Crippen LogP contribution < -0.4 is 0 Å². The Morgan fingerprint density at radius 1 is 1.09 bits per heavy atom. The highest BCUT2D eigenvalue weighted by atomic mass is 16.3. The summed E-state index contributed by atoms with van der Waals surface area (Å²) in [5.74, 6) is 0.285. The molecule has 2 atom stereocenters. The van der Waals surface area contributed by atoms with E-state index in [0.717, 1.165) is 58.3 Å². The summed E-state index contributed by atoms with van der Waals surface area (Å²) in [4.78, 5) is 16.7. The molecule has 3 rings (SSSR count). The molecule has 126 valence electrons. The van der Waals surface area contributed by atoms with Gasteiger partial charge in [0.1, 0.15) is 0 Å². The van der Waals surface area contributed by atoms with Gasteiger partial charge >= 0.3 is 0 Å². The SMILES string of the molecule is O=C(CCCc1ccccc1)N1CCN([C@@H]2CCC[C@H]2O)CC1. The molecule has 1 aromatic carbocycles. The fraction of sp³-hybridized carbons (Fsp3) is 0.632. The number of carbonyl (C=O) groups is 1. The smallest absolute Gasteiger partial charge is 0.222 e. The number of hydrogen-bond donors (Lipinski definition) is 1. The third kappa shape index (κ3) is 4.33. The average Bonchev–Trinajstić information content (AvgIpc) is 3.02. The number of aliphatic hydroxyl groups excluding tert-OH is 1. The second-order valence-electron chi connectivity index (χ2n) is 6.82. The van der Waals surface area contributed by atoms with Crippen LogP contribution in [0.4, 0.5) is 0 Å². The van der Waals surface area contributed by atoms with Gasteiger partial charge < -0.3 is 10.0 Å². The Morgan fingerprint density at radius 3 is 2.48 bits per heavy atom. The first-order valence-corrected chi connectivity index (χ1v) is 8.98. The van der Waals surface area contributed by atoms with Crippen LogP contribution in [0.1, 0.15) is 37.7 Å². The van der Waals surface area contributed by atoms with Crippen molar-refractivity contribution in [2.75, 3.05) is 26.2 Å². The summed E-state index contributed by atoms with van der Waals surface area (Å²) in [6.07, 6.45) is 5.54. The minimum absolute atomic E-state index is 0.164. The summed E-state index contributed by atoms with van der Waals surface area (Å²) < 4.78 is 0. The highest BCUT2D eigenvalue weighted by Crippen LogP contribution is 2.25. The number of aryl methyl sites for hydroxylation is 1. The molecule has 4 heteroatoms. The van der Waals surface area contributed by atoms with Crippen molar-refractivity contribution in [1.82, 2.24) is 9.80 Å². The first-order valence-electron chi connectivity index (χ1n) is 8.98. The van der Waals surface area contributed by atoms with Crippen molar-refractivity contribution in [3.8, 4) is 0 Å². The largest absolute Gasteiger partial charge is 0.391 e. The summed E-state index contributed by atoms with van der Waals surface area (Å²) in [7, 11) is 0. The molecule has 1 saturated carbocycles. The van der Waals surface area contributed by atoms with Gasteiger partial charge in [0.05, 0.1) is 6.10 Å². The normalized spacial score (nSPS) is 25.7. The Kier molecular flexibility index (Phi) is 5.68. The fourth-order valence-corrected chi connectivity index (χ4v) is 3.90. The van der Waals surface area contributed by atoms with Gasteiger partial charge in [0, 0.05) is 38.6 Å². The van der Waals surface area contributed by atoms with Gasteiger partial charge in [-0.2, -0.15) is 0 Å². The lowest BCUT2D eigenvalue weighted by Crippen LogP contribution is -2.53. The van der Waals surface area contributed by atoms with E-state index >= 15 is 0 Å². The van der Waals surface area contributed by atoms with Crippen LogP contribution in [0.3, 0.4) is 0 Å². The molecule has 2 fully saturated rings. The molecule has 0 radical (unpaired) electrons. The van der Waals surface area contributed by atoms with Gasteiger partial charge in [-0.15, -0.1) is 0 Å². The van der Waals surface area contributed by atoms with E-state index < -0.39 is 0 Å². The topological polar surface area (TPSA) is 43.8 Å². The van der Waals surface area contributed by atoms with Crippen LogP contribution in [0.2, 0.25) is 0 Å². The third-order valence-electron chi connectivity index (χ3n) is 5.28. The Morgan fingerprint density at radius 2 is 1.83 bits per heavy atom. The van der Waals surface area contributed by atoms with E-state index in [-0.39, 0.29) is 12.0 Å². The highest BCUT2D eigenvalue weighted by molar-refractivity contribution is 5.76. The molecule has 0 bridgehead atoms. The number of benzene rings is 1. The van der Waals surface area contributed by atoms with Crippen LogP contribution in [0.15, 0.2) is 30.3 Å². The van der Waals surface area contributed by atoms with Gasteiger partial charge in [0.15, 0.2) is 0 Å². The van der Waals surface area contributed by atoms with E-state index in [9.17, 15) is 9.90 Å². The number of aliphatic hydroxyl groups is 1. The molecule has 1 heterocycles. The van der Waals surface area contributed by atoms with E-state index in [2.05, 4.69) is 17.0 Å². The first-order chi connectivity index (χ1) is 11.2. The lowest BCUT2D eigenvalue weighted by molar-refractivity contribution is -0.133. The molecule has 1 aliphatic carbocycles. The van der Waals surface area contributed by atoms with Crippen LogP contribution in [0.25, 0.3) is 0 Å². The molecule has 2 aliphatic rings. The fourth-order valence-electron chi connectivity index (χ4n) is 3.90. The number of nitrogens with zero attached hydrogens (tertiary/aromatic N) is 2. The maximum absolute atomic E-state index is 12.3. The highest BCUT2D eigenvalue weighted by Gasteiger charge is 2.33. The molecule has 1 aromatic rings. The zero-order valence-corrected chi connectivity index (χ0v) is 13.9. The number of rotatable bonds is 5. The quantitative estimate of drug-likeness (QED) is 0.904. The van der Waals surface area contributed by atoms with Crippen molar-refractivity contribution in [3.05, 3.63) is 35.9 Å². The van der Waals surface area contributed by atoms with E-state index in [1.807, 2.05) is 23.1 Å². The van der Waals surface area contributed by atoms with Crippen molar-refractivity contribution >= 4 is 5.91 Å². The van der Waals surface area contributed by atoms with Gasteiger partial charge in [0.25, 0.3) is 0 Å². The Hall–Kier alpha value is -1.39. The molecule has 1 saturated heterocycles. The van der Waals surface area contributed by atoms with E-state index in [1.165, 1.54) is 5.56 Å². The molecule has 1 amide bonds. The minimum atomic E-state index is -0.164. The van der Waals surface area contributed by atoms with Gasteiger partial charge in [-0.3, -0.25) is 9.69 Å². The van der Waals surface area contributed by atoms with Crippen molar-refractivity contribution in [1.29, 1.82) is 0 Å². The maximum Gasteiger partial charge on any atom is 0.222 e. The van der Waals surface area contributed by atoms with E-state index in [1.54, 1.807) is 0 Å². The summed E-state index contributed by atoms with van der Waals surface area (Å²) >= 11 is 0. The van der Waals surface area contributed by atoms with Crippen molar-refractivity contribution < 1.29 is 9.90 Å². The third-order valence-corrected chi connectivity index (χ3v) is 5.28. The van der Waals surface area contributed by atoms with Crippen LogP contribution >= 0.6 is 0 Å². The first kappa shape index (κ1) is 16.5. The number of carbonyl (C=O) groups excluding carboxylic acids is 1. The predicted octanol–water partition coefficient (Wildman–Crippen LogP) is 2.07. The lowest BCUT2D eigenvalue weighted by Gasteiger charge is -2.39. The Bertz CT molecular complexity index is 497. The molecule has 1 N–H and O–H groups in total. The summed E-state index contributed by atoms with van der Waals surface area (Å²) in [5, 5.41) is 10.0. The number of hydrogen-bond acceptors (Lipinski definition) is 3. The van der Waals surface area contributed by atoms with Crippen molar-refractivity contribution in [2.24, 2.45) is 0 Å². The summed E-state index contributed by atoms with van der Waals surface area (Å²) in [6.45, 7) is 3.44. The Balaban J connectivity index is 1.38. The minimum Gasteiger partial charge on any atom is -0.391 e. The molecule has 23 heavy (non-hydrogen) atoms. The van der Waals surface area contributed by atoms with Crippen LogP contribution in [0.5, 0.6) is 0 Å². The number of piperazine rings is 1. The average molecular weight is 316 g/mol. The van der Waals surface area contributed by atoms with E-state index in [0.29, 0.717) is 12.5 Å². The summed E-state index contributed by atoms with van der Waals surface area (Å²) in [6, 6.07) is 10.7. The van der Waals surface area contributed by atoms with Crippen molar-refractivity contribution in [3.63, 3.8) is 0 Å². The Labute approximate surface area is 139 Å². The van der Waals surface area contributed by atoms with Gasteiger partial charge in [0.2, 0.25) is 5.91 Å². The van der Waals surface area contributed by atoms with E-state index in [4.69, 9.17) is 0 Å². The molecule has 0 aromatic heterocycles. The molecule has 1 aliphatic heterocycles. The monoisotopic (exact) mass is 316 g/mol. The maximum atomic E-state index is 12.3. The molecule has 0 unspecified atom stereocenters. The second kappa shape index (κ2) is 7.93. The standard InChI is InChI=1S/C19H28N2O2/c22-18-10-5-9-17(18)20-12-14-21(15-13-20)19(23)11-4-8-16-6-2-1-3-7-16/h1-3,6-7,17-18,22H,4-5,8-15H2/t17-,18-/m1/s1. The molecule has 0 spiro atoms. The summed E-state index contributed by atoms with van der Waals surface area (Å²) in [5.41, 5.74) is 1.31. The van der Waals surface area contributed by atoms with Crippen molar-refractivity contribution in [2.45, 2.75) is 50.7 Å². The zero-order valence-electron chi connectivity index (χ0n) is 13.9. The molecular weight excluding hydrogens is 288 g/mol. The molecule has 4 nitrogen and oxygen atoms in total. The van der Waals surface area contributed by atoms with Gasteiger partial charge in [-0.1, -0.05) is 30.3 Å². The van der Waals surface area contributed by atoms with Crippen LogP contribution in [-0.2, 0) is 11.2 Å². The number of amides is 1. The lowest BCUT2D eigenvalue weighted by atomic mass is 10.1.